The number of carbonyl (C=O) groups excluding carboxylic acids is 2. The van der Waals surface area contributed by atoms with E-state index in [4.69, 9.17) is 29.0 Å². The first-order valence-electron chi connectivity index (χ1n) is 23.1. The van der Waals surface area contributed by atoms with Gasteiger partial charge in [-0.1, -0.05) is 127 Å². The van der Waals surface area contributed by atoms with Crippen LogP contribution in [0.25, 0.3) is 0 Å². The number of esters is 2. The van der Waals surface area contributed by atoms with Crippen molar-refractivity contribution in [2.45, 2.75) is 173 Å². The van der Waals surface area contributed by atoms with Gasteiger partial charge in [-0.05, 0) is 56.9 Å². The van der Waals surface area contributed by atoms with Gasteiger partial charge < -0.3 is 45.1 Å². The van der Waals surface area contributed by atoms with Crippen LogP contribution in [-0.4, -0.2) is 96.9 Å². The van der Waals surface area contributed by atoms with E-state index >= 15 is 0 Å². The van der Waals surface area contributed by atoms with Crippen molar-refractivity contribution in [1.82, 2.24) is 9.55 Å². The molecular formula is C45H75N3O16P2. The lowest BCUT2D eigenvalue weighted by Crippen LogP contribution is -2.36. The fraction of sp³-hybridized carbons (Fsp3) is 0.689. The van der Waals surface area contributed by atoms with Crippen molar-refractivity contribution in [2.75, 3.05) is 25.6 Å². The van der Waals surface area contributed by atoms with E-state index in [1.165, 1.54) is 38.2 Å². The molecule has 7 N–H and O–H groups in total. The molecule has 8 atom stereocenters. The molecule has 1 saturated heterocycles. The van der Waals surface area contributed by atoms with Gasteiger partial charge in [0.2, 0.25) is 0 Å². The Kier molecular flexibility index (Phi) is 29.6. The van der Waals surface area contributed by atoms with Crippen LogP contribution >= 0.6 is 15.6 Å². The van der Waals surface area contributed by atoms with Gasteiger partial charge in [-0.3, -0.25) is 23.2 Å². The predicted octanol–water partition coefficient (Wildman–Crippen LogP) is 7.43. The second-order valence-electron chi connectivity index (χ2n) is 16.6. The zero-order valence-electron chi connectivity index (χ0n) is 38.8. The Morgan fingerprint density at radius 1 is 0.833 bits per heavy atom. The van der Waals surface area contributed by atoms with Crippen LogP contribution in [0.5, 0.6) is 0 Å². The van der Waals surface area contributed by atoms with Crippen LogP contribution in [0.3, 0.4) is 0 Å². The summed E-state index contributed by atoms with van der Waals surface area (Å²) in [5.41, 5.74) is 4.56. The smallest absolute Gasteiger partial charge is 0.462 e. The number of aliphatic hydroxyl groups is 3. The van der Waals surface area contributed by atoms with Crippen molar-refractivity contribution in [2.24, 2.45) is 5.92 Å². The Bertz CT molecular complexity index is 1820. The topological polar surface area (TPSA) is 286 Å². The highest BCUT2D eigenvalue weighted by molar-refractivity contribution is 7.61. The first kappa shape index (κ1) is 58.8. The summed E-state index contributed by atoms with van der Waals surface area (Å²) in [6.07, 6.45) is 22.8. The number of nitrogen functional groups attached to an aromatic ring is 1. The third-order valence-corrected chi connectivity index (χ3v) is 12.8. The maximum atomic E-state index is 12.8. The fourth-order valence-corrected chi connectivity index (χ4v) is 8.65. The molecule has 1 aromatic heterocycles. The Hall–Kier alpha value is -3.32. The van der Waals surface area contributed by atoms with Crippen LogP contribution < -0.4 is 11.4 Å². The van der Waals surface area contributed by atoms with Gasteiger partial charge in [-0.2, -0.15) is 9.29 Å². The number of nitrogens with two attached hydrogens (primary N) is 1. The highest BCUT2D eigenvalue weighted by Crippen LogP contribution is 2.60. The molecule has 0 amide bonds. The molecule has 21 heteroatoms. The highest BCUT2D eigenvalue weighted by atomic mass is 31.3. The molecule has 2 heterocycles. The van der Waals surface area contributed by atoms with E-state index in [1.54, 1.807) is 12.2 Å². The van der Waals surface area contributed by atoms with Crippen molar-refractivity contribution < 1.29 is 71.4 Å². The first-order valence-corrected chi connectivity index (χ1v) is 26.1. The lowest BCUT2D eigenvalue weighted by atomic mass is 10.0. The third kappa shape index (κ3) is 26.9. The maximum absolute atomic E-state index is 12.8. The van der Waals surface area contributed by atoms with Crippen LogP contribution in [0.4, 0.5) is 5.82 Å². The molecule has 19 nitrogen and oxygen atoms in total. The number of unbranched alkanes of at least 4 members (excludes halogenated alkanes) is 9. The summed E-state index contributed by atoms with van der Waals surface area (Å²) in [5.74, 6) is -0.842. The monoisotopic (exact) mass is 975 g/mol. The van der Waals surface area contributed by atoms with Crippen LogP contribution in [0.1, 0.15) is 143 Å². The summed E-state index contributed by atoms with van der Waals surface area (Å²) in [6.45, 7) is 4.11. The molecule has 0 spiro atoms. The van der Waals surface area contributed by atoms with E-state index in [0.717, 1.165) is 62.1 Å². The zero-order valence-corrected chi connectivity index (χ0v) is 40.5. The summed E-state index contributed by atoms with van der Waals surface area (Å²) < 4.78 is 56.4. The molecule has 2 unspecified atom stereocenters. The second kappa shape index (κ2) is 33.2. The number of phosphoric acid groups is 2. The van der Waals surface area contributed by atoms with Crippen molar-refractivity contribution >= 4 is 33.4 Å². The number of carbonyl (C=O) groups is 2. The number of hydrogen-bond donors (Lipinski definition) is 6. The van der Waals surface area contributed by atoms with Crippen LogP contribution in [0, 0.1) is 5.92 Å². The molecule has 0 aromatic carbocycles. The van der Waals surface area contributed by atoms with Gasteiger partial charge in [-0.25, -0.2) is 13.9 Å². The highest BCUT2D eigenvalue weighted by Gasteiger charge is 2.46. The summed E-state index contributed by atoms with van der Waals surface area (Å²) in [6, 6.07) is 1.23. The van der Waals surface area contributed by atoms with Crippen molar-refractivity contribution in [1.29, 1.82) is 0 Å². The largest absolute Gasteiger partial charge is 0.481 e. The van der Waals surface area contributed by atoms with E-state index in [1.807, 2.05) is 12.2 Å². The fourth-order valence-electron chi connectivity index (χ4n) is 6.54. The number of anilines is 1. The molecule has 1 aromatic rings. The quantitative estimate of drug-likeness (QED) is 0.0125. The lowest BCUT2D eigenvalue weighted by Gasteiger charge is -2.21. The summed E-state index contributed by atoms with van der Waals surface area (Å²) in [7, 11) is -10.9. The normalized spacial score (nSPS) is 20.7. The Morgan fingerprint density at radius 3 is 2.18 bits per heavy atom. The second-order valence-corrected chi connectivity index (χ2v) is 19.6. The van der Waals surface area contributed by atoms with Gasteiger partial charge >= 0.3 is 33.3 Å². The minimum absolute atomic E-state index is 0.00697. The standard InChI is InChI=1S/C45H75N3O16P2/c1-4-5-6-7-8-9-10-11-12-13-16-19-22-26-36(49)27-24-29-40(50)59-32-37(62-41(51)28-23-20-17-14-15-18-21-25-35(2)3)33-60-65(55,56)64-66(57,58)61-34-38-42(52)43(53)44(63-38)48-31-30-39(46)47-45(48)54/h8-9,11-12,16,19,22,26,30-31,35-38,42-44,49,52-53H,4-7,10,13-15,17-18,20-21,23-25,27-29,32-34H2,1-3H3,(H,55,56)(H,57,58)(H2,46,47,54)/b9-8-,12-11-,19-16-,26-22+/t36-,37-,38-,42-,43-,44-/m1/s1. The number of hydrogen-bond acceptors (Lipinski definition) is 16. The SMILES string of the molecule is CCCCC/C=C\C/C=C\C/C=C\C=C\[C@@H](O)CCCC(=O)OC[C@H](COP(=O)(O)OP(=O)(O)OC[C@H]1O[C@@H](n2ccc(N)nc2=O)[C@H](O)[C@@H]1O)OC(=O)CCCCCCCCCC(C)C. The van der Waals surface area contributed by atoms with Gasteiger partial charge in [0, 0.05) is 19.0 Å². The minimum Gasteiger partial charge on any atom is -0.462 e. The summed E-state index contributed by atoms with van der Waals surface area (Å²) >= 11 is 0. The number of aromatic nitrogens is 2. The molecule has 0 bridgehead atoms. The molecule has 0 aliphatic carbocycles. The number of nitrogens with zero attached hydrogens (tertiary/aromatic N) is 2. The number of allylic oxidation sites excluding steroid dienone is 7. The average molecular weight is 976 g/mol. The minimum atomic E-state index is -5.45. The summed E-state index contributed by atoms with van der Waals surface area (Å²) in [5, 5.41) is 31.2. The van der Waals surface area contributed by atoms with Gasteiger partial charge in [-0.15, -0.1) is 0 Å². The molecule has 0 saturated carbocycles. The van der Waals surface area contributed by atoms with E-state index in [2.05, 4.69) is 54.4 Å². The lowest BCUT2D eigenvalue weighted by molar-refractivity contribution is -0.161. The van der Waals surface area contributed by atoms with E-state index in [0.29, 0.717) is 12.3 Å². The third-order valence-electron chi connectivity index (χ3n) is 10.2. The Labute approximate surface area is 389 Å². The van der Waals surface area contributed by atoms with E-state index in [-0.39, 0.29) is 31.5 Å². The van der Waals surface area contributed by atoms with Crippen LogP contribution in [-0.2, 0) is 46.3 Å². The predicted molar refractivity (Wildman–Crippen MR) is 248 cm³/mol. The summed E-state index contributed by atoms with van der Waals surface area (Å²) in [4.78, 5) is 61.6. The molecule has 1 aliphatic rings. The Morgan fingerprint density at radius 2 is 1.48 bits per heavy atom. The van der Waals surface area contributed by atoms with Crippen LogP contribution in [0.2, 0.25) is 0 Å². The molecular weight excluding hydrogens is 900 g/mol. The molecule has 0 radical (unpaired) electrons. The molecule has 66 heavy (non-hydrogen) atoms. The van der Waals surface area contributed by atoms with Gasteiger partial charge in [0.1, 0.15) is 30.7 Å². The first-order chi connectivity index (χ1) is 31.4. The van der Waals surface area contributed by atoms with Crippen molar-refractivity contribution in [3.05, 3.63) is 71.4 Å². The molecule has 376 valence electrons. The number of aliphatic hydroxyl groups excluding tert-OH is 3. The van der Waals surface area contributed by atoms with Crippen LogP contribution in [0.15, 0.2) is 65.7 Å². The average Bonchev–Trinajstić information content (AvgIpc) is 3.53. The molecule has 1 aliphatic heterocycles. The van der Waals surface area contributed by atoms with Crippen molar-refractivity contribution in [3.63, 3.8) is 0 Å². The number of ether oxygens (including phenoxy) is 3. The number of phosphoric ester groups is 2. The van der Waals surface area contributed by atoms with Gasteiger partial charge in [0.25, 0.3) is 0 Å². The zero-order chi connectivity index (χ0) is 48.8. The maximum Gasteiger partial charge on any atom is 0.481 e. The number of rotatable bonds is 36. The molecule has 1 fully saturated rings. The van der Waals surface area contributed by atoms with E-state index in [9.17, 15) is 48.6 Å². The van der Waals surface area contributed by atoms with Gasteiger partial charge in [0.15, 0.2) is 12.3 Å². The molecule has 2 rings (SSSR count). The van der Waals surface area contributed by atoms with E-state index < -0.39 is 89.8 Å². The van der Waals surface area contributed by atoms with Gasteiger partial charge in [0.05, 0.1) is 19.3 Å². The Balaban J connectivity index is 1.87. The van der Waals surface area contributed by atoms with Crippen molar-refractivity contribution in [3.8, 4) is 0 Å².